The summed E-state index contributed by atoms with van der Waals surface area (Å²) >= 11 is 5.81. The highest BCUT2D eigenvalue weighted by Crippen LogP contribution is 2.10. The molecule has 2 aromatic carbocycles. The van der Waals surface area contributed by atoms with Crippen molar-refractivity contribution in [2.45, 2.75) is 6.54 Å². The first kappa shape index (κ1) is 17.8. The Morgan fingerprint density at radius 3 is 2.25 bits per heavy atom. The van der Waals surface area contributed by atoms with Crippen molar-refractivity contribution in [2.24, 2.45) is 0 Å². The molecule has 2 aromatic rings. The van der Waals surface area contributed by atoms with Crippen LogP contribution in [0.15, 0.2) is 54.6 Å². The highest BCUT2D eigenvalue weighted by Gasteiger charge is 2.07. The summed E-state index contributed by atoms with van der Waals surface area (Å²) in [7, 11) is 3.42. The topological polar surface area (TPSA) is 49.4 Å². The highest BCUT2D eigenvalue weighted by atomic mass is 35.5. The molecule has 0 radical (unpaired) electrons. The Morgan fingerprint density at radius 2 is 1.67 bits per heavy atom. The molecule has 0 aliphatic carbocycles. The number of halogens is 1. The van der Waals surface area contributed by atoms with E-state index in [0.717, 1.165) is 11.1 Å². The third kappa shape index (κ3) is 5.25. The van der Waals surface area contributed by atoms with Crippen LogP contribution in [-0.2, 0) is 11.3 Å². The molecule has 2 amide bonds. The number of carbonyl (C=O) groups is 2. The maximum atomic E-state index is 11.8. The molecule has 0 atom stereocenters. The van der Waals surface area contributed by atoms with Gasteiger partial charge in [0.15, 0.2) is 0 Å². The number of hydrogen-bond donors (Lipinski definition) is 1. The molecule has 1 N–H and O–H groups in total. The van der Waals surface area contributed by atoms with Crippen molar-refractivity contribution in [2.75, 3.05) is 14.1 Å². The van der Waals surface area contributed by atoms with Crippen LogP contribution in [-0.4, -0.2) is 30.8 Å². The summed E-state index contributed by atoms with van der Waals surface area (Å²) in [6, 6.07) is 14.4. The number of nitrogens with zero attached hydrogens (tertiary/aromatic N) is 1. The van der Waals surface area contributed by atoms with Crippen LogP contribution in [0.3, 0.4) is 0 Å². The van der Waals surface area contributed by atoms with Gasteiger partial charge < -0.3 is 10.2 Å². The van der Waals surface area contributed by atoms with Gasteiger partial charge in [0.25, 0.3) is 5.91 Å². The minimum Gasteiger partial charge on any atom is -0.348 e. The van der Waals surface area contributed by atoms with Gasteiger partial charge in [-0.3, -0.25) is 9.59 Å². The van der Waals surface area contributed by atoms with Crippen molar-refractivity contribution in [1.82, 2.24) is 10.2 Å². The normalized spacial score (nSPS) is 10.6. The molecule has 0 heterocycles. The Labute approximate surface area is 146 Å². The van der Waals surface area contributed by atoms with Gasteiger partial charge in [-0.25, -0.2) is 0 Å². The number of amides is 2. The number of hydrogen-bond acceptors (Lipinski definition) is 2. The fourth-order valence-electron chi connectivity index (χ4n) is 2.02. The largest absolute Gasteiger partial charge is 0.348 e. The monoisotopic (exact) mass is 342 g/mol. The molecule has 0 spiro atoms. The molecule has 0 saturated heterocycles. The summed E-state index contributed by atoms with van der Waals surface area (Å²) in [6.45, 7) is 0.403. The predicted octanol–water partition coefficient (Wildman–Crippen LogP) is 3.37. The van der Waals surface area contributed by atoms with Crippen molar-refractivity contribution in [1.29, 1.82) is 0 Å². The molecule has 0 unspecified atom stereocenters. The van der Waals surface area contributed by atoms with Gasteiger partial charge in [0.2, 0.25) is 5.91 Å². The van der Waals surface area contributed by atoms with Crippen LogP contribution in [0.1, 0.15) is 21.5 Å². The molecule has 0 aliphatic heterocycles. The fourth-order valence-corrected chi connectivity index (χ4v) is 2.14. The van der Waals surface area contributed by atoms with E-state index in [4.69, 9.17) is 11.6 Å². The molecule has 4 nitrogen and oxygen atoms in total. The maximum absolute atomic E-state index is 11.8. The lowest BCUT2D eigenvalue weighted by atomic mass is 10.1. The molecule has 124 valence electrons. The molecule has 2 rings (SSSR count). The smallest absolute Gasteiger partial charge is 0.253 e. The summed E-state index contributed by atoms with van der Waals surface area (Å²) in [5, 5.41) is 3.46. The summed E-state index contributed by atoms with van der Waals surface area (Å²) in [5.74, 6) is -0.227. The lowest BCUT2D eigenvalue weighted by molar-refractivity contribution is -0.116. The zero-order valence-corrected chi connectivity index (χ0v) is 14.4. The van der Waals surface area contributed by atoms with E-state index >= 15 is 0 Å². The van der Waals surface area contributed by atoms with E-state index in [1.807, 2.05) is 24.3 Å². The van der Waals surface area contributed by atoms with Gasteiger partial charge in [-0.05, 0) is 41.5 Å². The lowest BCUT2D eigenvalue weighted by Crippen LogP contribution is -2.22. The molecule has 0 bridgehead atoms. The Balaban J connectivity index is 1.87. The quantitative estimate of drug-likeness (QED) is 0.847. The lowest BCUT2D eigenvalue weighted by Gasteiger charge is -2.10. The first-order valence-corrected chi connectivity index (χ1v) is 7.85. The highest BCUT2D eigenvalue weighted by molar-refractivity contribution is 6.30. The van der Waals surface area contributed by atoms with Gasteiger partial charge >= 0.3 is 0 Å². The molecule has 0 aliphatic rings. The molecule has 0 aromatic heterocycles. The average molecular weight is 343 g/mol. The number of benzene rings is 2. The molecule has 5 heteroatoms. The summed E-state index contributed by atoms with van der Waals surface area (Å²) in [4.78, 5) is 25.2. The second-order valence-electron chi connectivity index (χ2n) is 5.50. The number of nitrogens with one attached hydrogen (secondary N) is 1. The third-order valence-corrected chi connectivity index (χ3v) is 3.62. The van der Waals surface area contributed by atoms with Crippen LogP contribution in [0.2, 0.25) is 5.02 Å². The molecule has 0 saturated carbocycles. The van der Waals surface area contributed by atoms with E-state index in [-0.39, 0.29) is 11.8 Å². The van der Waals surface area contributed by atoms with Crippen molar-refractivity contribution < 1.29 is 9.59 Å². The van der Waals surface area contributed by atoms with Gasteiger partial charge in [-0.2, -0.15) is 0 Å². The molecular formula is C19H19ClN2O2. The maximum Gasteiger partial charge on any atom is 0.253 e. The summed E-state index contributed by atoms with van der Waals surface area (Å²) in [6.07, 6.45) is 3.21. The van der Waals surface area contributed by atoms with Crippen LogP contribution in [0.5, 0.6) is 0 Å². The molecule has 0 fully saturated rings. The minimum absolute atomic E-state index is 0.0449. The van der Waals surface area contributed by atoms with Crippen molar-refractivity contribution in [3.8, 4) is 0 Å². The van der Waals surface area contributed by atoms with Gasteiger partial charge in [0.05, 0.1) is 0 Å². The zero-order chi connectivity index (χ0) is 17.5. The summed E-state index contributed by atoms with van der Waals surface area (Å²) in [5.41, 5.74) is 2.46. The predicted molar refractivity (Wildman–Crippen MR) is 96.8 cm³/mol. The van der Waals surface area contributed by atoms with E-state index in [1.165, 1.54) is 11.0 Å². The molecule has 24 heavy (non-hydrogen) atoms. The molecular weight excluding hydrogens is 324 g/mol. The van der Waals surface area contributed by atoms with Gasteiger partial charge in [0, 0.05) is 37.3 Å². The van der Waals surface area contributed by atoms with Crippen LogP contribution in [0, 0.1) is 0 Å². The van der Waals surface area contributed by atoms with Crippen LogP contribution in [0.4, 0.5) is 0 Å². The second kappa shape index (κ2) is 8.31. The average Bonchev–Trinajstić information content (AvgIpc) is 2.59. The summed E-state index contributed by atoms with van der Waals surface area (Å²) < 4.78 is 0. The number of carbonyl (C=O) groups excluding carboxylic acids is 2. The minimum atomic E-state index is -0.182. The van der Waals surface area contributed by atoms with E-state index in [2.05, 4.69) is 5.32 Å². The Kier molecular flexibility index (Phi) is 6.15. The second-order valence-corrected chi connectivity index (χ2v) is 5.94. The first-order valence-electron chi connectivity index (χ1n) is 7.48. The van der Waals surface area contributed by atoms with E-state index in [0.29, 0.717) is 17.1 Å². The van der Waals surface area contributed by atoms with Crippen molar-refractivity contribution in [3.05, 3.63) is 76.3 Å². The van der Waals surface area contributed by atoms with Crippen LogP contribution < -0.4 is 5.32 Å². The Morgan fingerprint density at radius 1 is 1.04 bits per heavy atom. The third-order valence-electron chi connectivity index (χ3n) is 3.37. The first-order chi connectivity index (χ1) is 11.5. The van der Waals surface area contributed by atoms with Gasteiger partial charge in [-0.1, -0.05) is 35.9 Å². The van der Waals surface area contributed by atoms with Crippen molar-refractivity contribution in [3.63, 3.8) is 0 Å². The van der Waals surface area contributed by atoms with Crippen LogP contribution in [0.25, 0.3) is 6.08 Å². The SMILES string of the molecule is CN(C)C(=O)c1ccc(CNC(=O)/C=C/c2ccc(Cl)cc2)cc1. The van der Waals surface area contributed by atoms with Crippen molar-refractivity contribution >= 4 is 29.5 Å². The van der Waals surface area contributed by atoms with Gasteiger partial charge in [-0.15, -0.1) is 0 Å². The van der Waals surface area contributed by atoms with Crippen LogP contribution >= 0.6 is 11.6 Å². The van der Waals surface area contributed by atoms with Gasteiger partial charge in [0.1, 0.15) is 0 Å². The Hall–Kier alpha value is -2.59. The van der Waals surface area contributed by atoms with E-state index in [1.54, 1.807) is 44.4 Å². The van der Waals surface area contributed by atoms with E-state index < -0.39 is 0 Å². The number of rotatable bonds is 5. The Bertz CT molecular complexity index is 735. The fraction of sp³-hybridized carbons (Fsp3) is 0.158. The van der Waals surface area contributed by atoms with E-state index in [9.17, 15) is 9.59 Å². The zero-order valence-electron chi connectivity index (χ0n) is 13.6. The standard InChI is InChI=1S/C19H19ClN2O2/c1-22(2)19(24)16-8-3-15(4-9-16)13-21-18(23)12-7-14-5-10-17(20)11-6-14/h3-12H,13H2,1-2H3,(H,21,23)/b12-7+.